The fourth-order valence-electron chi connectivity index (χ4n) is 2.79. The van der Waals surface area contributed by atoms with Gasteiger partial charge < -0.3 is 25.2 Å². The highest BCUT2D eigenvalue weighted by molar-refractivity contribution is 5.69. The molecule has 0 bridgehead atoms. The van der Waals surface area contributed by atoms with Gasteiger partial charge in [-0.15, -0.1) is 0 Å². The van der Waals surface area contributed by atoms with E-state index in [1.165, 1.54) is 0 Å². The highest BCUT2D eigenvalue weighted by Crippen LogP contribution is 2.09. The number of carboxylic acid groups (broad SMARTS) is 2. The predicted molar refractivity (Wildman–Crippen MR) is 139 cm³/mol. The van der Waals surface area contributed by atoms with E-state index < -0.39 is 18.0 Å². The molecule has 0 aliphatic carbocycles. The van der Waals surface area contributed by atoms with Crippen molar-refractivity contribution >= 4 is 17.9 Å². The third kappa shape index (κ3) is 42.9. The Hall–Kier alpha value is -1.67. The van der Waals surface area contributed by atoms with E-state index in [0.717, 1.165) is 57.8 Å². The van der Waals surface area contributed by atoms with Gasteiger partial charge in [-0.3, -0.25) is 14.4 Å². The maximum Gasteiger partial charge on any atom is 0.305 e. The Balaban J connectivity index is -0.000000454. The molecule has 8 heteroatoms. The molecule has 0 heterocycles. The average molecular weight is 507 g/mol. The summed E-state index contributed by atoms with van der Waals surface area (Å²) in [6.45, 7) is 12.4. The minimum Gasteiger partial charge on any atom is -0.481 e. The first-order valence-electron chi connectivity index (χ1n) is 13.2. The molecular formula is C27H54O8. The Morgan fingerprint density at radius 2 is 0.971 bits per heavy atom. The summed E-state index contributed by atoms with van der Waals surface area (Å²) in [7, 11) is 0. The van der Waals surface area contributed by atoms with Crippen molar-refractivity contribution in [1.29, 1.82) is 0 Å². The van der Waals surface area contributed by atoms with E-state index in [-0.39, 0.29) is 19.2 Å². The van der Waals surface area contributed by atoms with E-state index >= 15 is 0 Å². The van der Waals surface area contributed by atoms with Crippen LogP contribution in [0.1, 0.15) is 119 Å². The van der Waals surface area contributed by atoms with Crippen molar-refractivity contribution in [2.24, 2.45) is 17.8 Å². The van der Waals surface area contributed by atoms with Gasteiger partial charge in [-0.2, -0.15) is 0 Å². The molecule has 0 fully saturated rings. The van der Waals surface area contributed by atoms with Crippen LogP contribution in [0.2, 0.25) is 0 Å². The Kier molecular flexibility index (Phi) is 29.1. The van der Waals surface area contributed by atoms with Crippen LogP contribution < -0.4 is 0 Å². The summed E-state index contributed by atoms with van der Waals surface area (Å²) >= 11 is 0. The van der Waals surface area contributed by atoms with E-state index in [9.17, 15) is 14.4 Å². The molecule has 210 valence electrons. The van der Waals surface area contributed by atoms with Crippen LogP contribution in [0.3, 0.4) is 0 Å². The number of hydrogen-bond donors (Lipinski definition) is 4. The monoisotopic (exact) mass is 506 g/mol. The average Bonchev–Trinajstić information content (AvgIpc) is 2.76. The molecular weight excluding hydrogens is 452 g/mol. The lowest BCUT2D eigenvalue weighted by molar-refractivity contribution is -0.147. The normalized spacial score (nSPS) is 11.4. The molecule has 0 aliphatic rings. The number of carboxylic acids is 2. The van der Waals surface area contributed by atoms with Gasteiger partial charge in [0, 0.05) is 19.3 Å². The van der Waals surface area contributed by atoms with Crippen molar-refractivity contribution in [3.8, 4) is 0 Å². The van der Waals surface area contributed by atoms with Gasteiger partial charge >= 0.3 is 17.9 Å². The van der Waals surface area contributed by atoms with Crippen LogP contribution in [-0.2, 0) is 19.1 Å². The van der Waals surface area contributed by atoms with Gasteiger partial charge in [0.25, 0.3) is 0 Å². The fourth-order valence-corrected chi connectivity index (χ4v) is 2.79. The topological polar surface area (TPSA) is 141 Å². The molecule has 0 saturated heterocycles. The van der Waals surface area contributed by atoms with Crippen molar-refractivity contribution in [3.63, 3.8) is 0 Å². The first kappa shape index (κ1) is 37.9. The largest absolute Gasteiger partial charge is 0.481 e. The van der Waals surface area contributed by atoms with Crippen LogP contribution in [-0.4, -0.2) is 57.7 Å². The van der Waals surface area contributed by atoms with Crippen LogP contribution >= 0.6 is 0 Å². The number of esters is 1. The minimum absolute atomic E-state index is 0.112. The Morgan fingerprint density at radius 3 is 1.26 bits per heavy atom. The predicted octanol–water partition coefficient (Wildman–Crippen LogP) is 5.67. The second-order valence-corrected chi connectivity index (χ2v) is 10.2. The smallest absolute Gasteiger partial charge is 0.305 e. The summed E-state index contributed by atoms with van der Waals surface area (Å²) in [4.78, 5) is 31.2. The fraction of sp³-hybridized carbons (Fsp3) is 0.889. The lowest BCUT2D eigenvalue weighted by Crippen LogP contribution is -2.21. The molecule has 0 spiro atoms. The van der Waals surface area contributed by atoms with Gasteiger partial charge in [0.15, 0.2) is 0 Å². The zero-order chi connectivity index (χ0) is 27.6. The molecule has 0 aliphatic heterocycles. The lowest BCUT2D eigenvalue weighted by Gasteiger charge is -2.08. The lowest BCUT2D eigenvalue weighted by atomic mass is 10.1. The molecule has 0 saturated carbocycles. The number of aliphatic carboxylic acids is 2. The third-order valence-corrected chi connectivity index (χ3v) is 4.90. The summed E-state index contributed by atoms with van der Waals surface area (Å²) in [5, 5.41) is 34.0. The molecule has 1 atom stereocenters. The standard InChI is InChI=1S/C11H22O4.2C8H16O2/c1-9(2)5-3-4-6-11(14)15-8-10(13)7-12;2*1-7(2)5-3-4-6-8(9)10/h9-10,12-13H,3-8H2,1-2H3;2*7H,3-6H2,1-2H3,(H,9,10). The summed E-state index contributed by atoms with van der Waals surface area (Å²) in [6, 6.07) is 0. The number of unbranched alkanes of at least 4 members (excludes halogenated alkanes) is 3. The highest BCUT2D eigenvalue weighted by atomic mass is 16.5. The highest BCUT2D eigenvalue weighted by Gasteiger charge is 2.07. The molecule has 0 aromatic heterocycles. The van der Waals surface area contributed by atoms with E-state index in [2.05, 4.69) is 41.5 Å². The van der Waals surface area contributed by atoms with Crippen molar-refractivity contribution in [3.05, 3.63) is 0 Å². The number of carbonyl (C=O) groups is 3. The van der Waals surface area contributed by atoms with Crippen molar-refractivity contribution in [2.75, 3.05) is 13.2 Å². The van der Waals surface area contributed by atoms with Crippen LogP contribution in [0, 0.1) is 17.8 Å². The Morgan fingerprint density at radius 1 is 0.629 bits per heavy atom. The molecule has 35 heavy (non-hydrogen) atoms. The molecule has 0 amide bonds. The van der Waals surface area contributed by atoms with Crippen LogP contribution in [0.15, 0.2) is 0 Å². The Labute approximate surface area is 213 Å². The van der Waals surface area contributed by atoms with Crippen molar-refractivity contribution in [2.45, 2.75) is 125 Å². The maximum atomic E-state index is 11.1. The summed E-state index contributed by atoms with van der Waals surface area (Å²) in [5.74, 6) is 0.415. The molecule has 0 radical (unpaired) electrons. The summed E-state index contributed by atoms with van der Waals surface area (Å²) < 4.78 is 4.75. The zero-order valence-corrected chi connectivity index (χ0v) is 23.1. The number of ether oxygens (including phenoxy) is 1. The first-order valence-corrected chi connectivity index (χ1v) is 13.2. The third-order valence-electron chi connectivity index (χ3n) is 4.90. The maximum absolute atomic E-state index is 11.1. The molecule has 4 N–H and O–H groups in total. The minimum atomic E-state index is -0.954. The van der Waals surface area contributed by atoms with Crippen LogP contribution in [0.5, 0.6) is 0 Å². The summed E-state index contributed by atoms with van der Waals surface area (Å²) in [5.41, 5.74) is 0. The zero-order valence-electron chi connectivity index (χ0n) is 23.1. The van der Waals surface area contributed by atoms with E-state index in [0.29, 0.717) is 37.0 Å². The van der Waals surface area contributed by atoms with Gasteiger partial charge in [0.05, 0.1) is 6.61 Å². The number of aliphatic hydroxyl groups excluding tert-OH is 2. The van der Waals surface area contributed by atoms with Gasteiger partial charge in [-0.25, -0.2) is 0 Å². The second-order valence-electron chi connectivity index (χ2n) is 10.2. The molecule has 0 rings (SSSR count). The number of rotatable bonds is 18. The van der Waals surface area contributed by atoms with Gasteiger partial charge in [-0.1, -0.05) is 80.1 Å². The molecule has 0 aromatic rings. The van der Waals surface area contributed by atoms with Gasteiger partial charge in [-0.05, 0) is 37.0 Å². The molecule has 8 nitrogen and oxygen atoms in total. The summed E-state index contributed by atoms with van der Waals surface area (Å²) in [6.07, 6.45) is 9.10. The van der Waals surface area contributed by atoms with Crippen molar-refractivity contribution in [1.82, 2.24) is 0 Å². The number of hydrogen-bond acceptors (Lipinski definition) is 6. The van der Waals surface area contributed by atoms with Crippen LogP contribution in [0.4, 0.5) is 0 Å². The van der Waals surface area contributed by atoms with E-state index in [1.807, 2.05) is 0 Å². The first-order chi connectivity index (χ1) is 16.3. The Bertz CT molecular complexity index is 477. The SMILES string of the molecule is CC(C)CCCCC(=O)O.CC(C)CCCCC(=O)O.CC(C)CCCCC(=O)OCC(O)CO. The second kappa shape index (κ2) is 26.9. The quantitative estimate of drug-likeness (QED) is 0.137. The number of aliphatic hydroxyl groups is 2. The molecule has 0 aromatic carbocycles. The molecule has 1 unspecified atom stereocenters. The van der Waals surface area contributed by atoms with Crippen molar-refractivity contribution < 1.29 is 39.5 Å². The number of carbonyl (C=O) groups excluding carboxylic acids is 1. The van der Waals surface area contributed by atoms with E-state index in [1.54, 1.807) is 0 Å². The van der Waals surface area contributed by atoms with E-state index in [4.69, 9.17) is 25.2 Å². The van der Waals surface area contributed by atoms with Crippen LogP contribution in [0.25, 0.3) is 0 Å². The van der Waals surface area contributed by atoms with Gasteiger partial charge in [0.1, 0.15) is 12.7 Å². The van der Waals surface area contributed by atoms with Gasteiger partial charge in [0.2, 0.25) is 0 Å².